The van der Waals surface area contributed by atoms with Crippen LogP contribution in [0.2, 0.25) is 5.02 Å². The zero-order chi connectivity index (χ0) is 23.0. The summed E-state index contributed by atoms with van der Waals surface area (Å²) in [5.41, 5.74) is 3.34. The van der Waals surface area contributed by atoms with Gasteiger partial charge in [-0.15, -0.1) is 0 Å². The molecule has 2 aromatic carbocycles. The van der Waals surface area contributed by atoms with Crippen LogP contribution in [0, 0.1) is 5.92 Å². The molecule has 6 nitrogen and oxygen atoms in total. The molecule has 0 aliphatic carbocycles. The number of aryl methyl sites for hydroxylation is 1. The first kappa shape index (κ1) is 23.5. The largest absolute Gasteiger partial charge is 0.352 e. The van der Waals surface area contributed by atoms with Gasteiger partial charge in [0.1, 0.15) is 0 Å². The highest BCUT2D eigenvalue weighted by Crippen LogP contribution is 2.20. The van der Waals surface area contributed by atoms with Crippen LogP contribution < -0.4 is 5.32 Å². The summed E-state index contributed by atoms with van der Waals surface area (Å²) in [6.07, 6.45) is 4.17. The first-order valence-corrected chi connectivity index (χ1v) is 12.1. The number of rotatable bonds is 9. The number of benzene rings is 2. The number of carbonyl (C=O) groups excluding carboxylic acids is 1. The van der Waals surface area contributed by atoms with Crippen molar-refractivity contribution in [2.24, 2.45) is 5.92 Å². The molecular weight excluding hydrogens is 436 g/mol. The number of nitrogens with one attached hydrogen (secondary N) is 1. The van der Waals surface area contributed by atoms with Crippen molar-refractivity contribution in [3.05, 3.63) is 70.6 Å². The van der Waals surface area contributed by atoms with Crippen molar-refractivity contribution < 1.29 is 9.32 Å². The van der Waals surface area contributed by atoms with E-state index in [2.05, 4.69) is 45.5 Å². The average Bonchev–Trinajstić information content (AvgIpc) is 3.29. The topological polar surface area (TPSA) is 71.3 Å². The summed E-state index contributed by atoms with van der Waals surface area (Å²) in [5.74, 6) is 1.93. The fraction of sp³-hybridized carbons (Fsp3) is 0.423. The lowest BCUT2D eigenvalue weighted by atomic mass is 9.98. The summed E-state index contributed by atoms with van der Waals surface area (Å²) >= 11 is 5.92. The third kappa shape index (κ3) is 6.89. The minimum atomic E-state index is 0.0361. The van der Waals surface area contributed by atoms with E-state index < -0.39 is 0 Å². The Hall–Kier alpha value is -2.70. The molecule has 2 heterocycles. The minimum absolute atomic E-state index is 0.0361. The molecule has 3 aromatic rings. The Morgan fingerprint density at radius 1 is 1.12 bits per heavy atom. The molecule has 0 saturated carbocycles. The predicted octanol–water partition coefficient (Wildman–Crippen LogP) is 5.26. The van der Waals surface area contributed by atoms with E-state index in [1.54, 1.807) is 12.1 Å². The van der Waals surface area contributed by atoms with E-state index in [0.717, 1.165) is 31.1 Å². The summed E-state index contributed by atoms with van der Waals surface area (Å²) in [6, 6.07) is 15.7. The molecule has 0 atom stereocenters. The minimum Gasteiger partial charge on any atom is -0.352 e. The van der Waals surface area contributed by atoms with Crippen LogP contribution in [0.15, 0.2) is 53.1 Å². The molecule has 1 saturated heterocycles. The highest BCUT2D eigenvalue weighted by molar-refractivity contribution is 6.30. The summed E-state index contributed by atoms with van der Waals surface area (Å²) in [4.78, 5) is 19.3. The molecule has 0 spiro atoms. The molecule has 0 radical (unpaired) electrons. The molecule has 174 valence electrons. The normalized spacial score (nSPS) is 15.0. The van der Waals surface area contributed by atoms with Gasteiger partial charge in [-0.1, -0.05) is 47.9 Å². The molecule has 1 aliphatic heterocycles. The Kier molecular flexibility index (Phi) is 8.13. The molecule has 33 heavy (non-hydrogen) atoms. The van der Waals surface area contributed by atoms with Crippen LogP contribution in [-0.2, 0) is 24.3 Å². The summed E-state index contributed by atoms with van der Waals surface area (Å²) < 4.78 is 5.32. The lowest BCUT2D eigenvalue weighted by Crippen LogP contribution is -2.33. The number of piperidine rings is 1. The maximum atomic E-state index is 12.4. The first-order chi connectivity index (χ1) is 16.1. The third-order valence-electron chi connectivity index (χ3n) is 6.23. The van der Waals surface area contributed by atoms with Crippen LogP contribution in [-0.4, -0.2) is 34.0 Å². The second-order valence-electron chi connectivity index (χ2n) is 8.88. The predicted molar refractivity (Wildman–Crippen MR) is 130 cm³/mol. The van der Waals surface area contributed by atoms with E-state index in [-0.39, 0.29) is 5.91 Å². The van der Waals surface area contributed by atoms with Crippen molar-refractivity contribution in [2.45, 2.75) is 52.1 Å². The molecule has 7 heteroatoms. The highest BCUT2D eigenvalue weighted by atomic mass is 35.5. The quantitative estimate of drug-likeness (QED) is 0.465. The smallest absolute Gasteiger partial charge is 0.226 e. The summed E-state index contributed by atoms with van der Waals surface area (Å²) in [6.45, 7) is 6.14. The third-order valence-corrected chi connectivity index (χ3v) is 6.48. The van der Waals surface area contributed by atoms with Crippen LogP contribution >= 0.6 is 11.6 Å². The van der Waals surface area contributed by atoms with Gasteiger partial charge < -0.3 is 9.84 Å². The van der Waals surface area contributed by atoms with Crippen molar-refractivity contribution in [1.29, 1.82) is 0 Å². The number of likely N-dealkylation sites (tertiary alicyclic amines) is 1. The second-order valence-corrected chi connectivity index (χ2v) is 9.31. The number of hydrogen-bond acceptors (Lipinski definition) is 5. The van der Waals surface area contributed by atoms with E-state index >= 15 is 0 Å². The van der Waals surface area contributed by atoms with Gasteiger partial charge in [0.05, 0.1) is 0 Å². The standard InChI is InChI=1S/C26H31ClN4O2/c1-19-13-15-31(16-14-19)18-22-6-3-2-5-21(22)17-28-24(32)7-4-8-25-29-26(30-33-25)20-9-11-23(27)12-10-20/h2-3,5-6,9-12,19H,4,7-8,13-18H2,1H3,(H,28,32). The molecule has 1 aromatic heterocycles. The van der Waals surface area contributed by atoms with Gasteiger partial charge in [-0.05, 0) is 73.7 Å². The first-order valence-electron chi connectivity index (χ1n) is 11.7. The van der Waals surface area contributed by atoms with Gasteiger partial charge in [-0.2, -0.15) is 4.98 Å². The number of hydrogen-bond donors (Lipinski definition) is 1. The molecule has 1 N–H and O–H groups in total. The monoisotopic (exact) mass is 466 g/mol. The Bertz CT molecular complexity index is 1040. The van der Waals surface area contributed by atoms with E-state index in [0.29, 0.717) is 42.5 Å². The summed E-state index contributed by atoms with van der Waals surface area (Å²) in [5, 5.41) is 7.75. The van der Waals surface area contributed by atoms with Crippen LogP contribution in [0.3, 0.4) is 0 Å². The lowest BCUT2D eigenvalue weighted by molar-refractivity contribution is -0.121. The van der Waals surface area contributed by atoms with Gasteiger partial charge in [0, 0.05) is 36.5 Å². The number of nitrogens with zero attached hydrogens (tertiary/aromatic N) is 3. The number of carbonyl (C=O) groups is 1. The van der Waals surface area contributed by atoms with Crippen molar-refractivity contribution in [3.63, 3.8) is 0 Å². The van der Waals surface area contributed by atoms with Gasteiger partial charge in [0.25, 0.3) is 0 Å². The molecule has 1 fully saturated rings. The zero-order valence-corrected chi connectivity index (χ0v) is 19.9. The number of halogens is 1. The van der Waals surface area contributed by atoms with E-state index in [9.17, 15) is 4.79 Å². The van der Waals surface area contributed by atoms with E-state index in [1.807, 2.05) is 18.2 Å². The van der Waals surface area contributed by atoms with Crippen molar-refractivity contribution in [1.82, 2.24) is 20.4 Å². The zero-order valence-electron chi connectivity index (χ0n) is 19.1. The molecule has 1 aliphatic rings. The maximum absolute atomic E-state index is 12.4. The summed E-state index contributed by atoms with van der Waals surface area (Å²) in [7, 11) is 0. The van der Waals surface area contributed by atoms with Gasteiger partial charge in [0.15, 0.2) is 0 Å². The number of aromatic nitrogens is 2. The molecule has 0 bridgehead atoms. The van der Waals surface area contributed by atoms with Crippen molar-refractivity contribution in [2.75, 3.05) is 13.1 Å². The van der Waals surface area contributed by atoms with Crippen molar-refractivity contribution in [3.8, 4) is 11.4 Å². The second kappa shape index (κ2) is 11.4. The number of amides is 1. The lowest BCUT2D eigenvalue weighted by Gasteiger charge is -2.30. The van der Waals surface area contributed by atoms with Gasteiger partial charge >= 0.3 is 0 Å². The van der Waals surface area contributed by atoms with Gasteiger partial charge in [-0.3, -0.25) is 9.69 Å². The fourth-order valence-electron chi connectivity index (χ4n) is 4.10. The average molecular weight is 467 g/mol. The van der Waals surface area contributed by atoms with Crippen LogP contribution in [0.25, 0.3) is 11.4 Å². The van der Waals surface area contributed by atoms with Crippen molar-refractivity contribution >= 4 is 17.5 Å². The fourth-order valence-corrected chi connectivity index (χ4v) is 4.23. The Morgan fingerprint density at radius 3 is 2.61 bits per heavy atom. The molecular formula is C26H31ClN4O2. The highest BCUT2D eigenvalue weighted by Gasteiger charge is 2.17. The maximum Gasteiger partial charge on any atom is 0.226 e. The SMILES string of the molecule is CC1CCN(Cc2ccccc2CNC(=O)CCCc2nc(-c3ccc(Cl)cc3)no2)CC1. The Labute approximate surface area is 200 Å². The Balaban J connectivity index is 1.21. The Morgan fingerprint density at radius 2 is 1.85 bits per heavy atom. The van der Waals surface area contributed by atoms with Crippen LogP contribution in [0.4, 0.5) is 0 Å². The molecule has 1 amide bonds. The molecule has 0 unspecified atom stereocenters. The van der Waals surface area contributed by atoms with E-state index in [4.69, 9.17) is 16.1 Å². The van der Waals surface area contributed by atoms with E-state index in [1.165, 1.54) is 24.0 Å². The van der Waals surface area contributed by atoms with Gasteiger partial charge in [0.2, 0.25) is 17.6 Å². The molecule has 4 rings (SSSR count). The van der Waals surface area contributed by atoms with Gasteiger partial charge in [-0.25, -0.2) is 0 Å². The van der Waals surface area contributed by atoms with Crippen LogP contribution in [0.1, 0.15) is 49.6 Å². The van der Waals surface area contributed by atoms with Crippen LogP contribution in [0.5, 0.6) is 0 Å².